The lowest BCUT2D eigenvalue weighted by molar-refractivity contribution is -0.151. The number of alkyl carbamates (subject to hydrolysis) is 1. The number of esters is 1. The minimum atomic E-state index is -0.981. The van der Waals surface area contributed by atoms with Crippen LogP contribution in [0.2, 0.25) is 0 Å². The summed E-state index contributed by atoms with van der Waals surface area (Å²) in [6, 6.07) is 15.0. The van der Waals surface area contributed by atoms with Crippen molar-refractivity contribution >= 4 is 23.9 Å². The number of aliphatic hydroxyl groups excluding tert-OH is 1. The van der Waals surface area contributed by atoms with Gasteiger partial charge >= 0.3 is 12.1 Å². The van der Waals surface area contributed by atoms with Crippen LogP contribution in [0.3, 0.4) is 0 Å². The third-order valence-electron chi connectivity index (χ3n) is 7.52. The highest BCUT2D eigenvalue weighted by atomic mass is 16.6. The van der Waals surface area contributed by atoms with E-state index in [1.165, 1.54) is 0 Å². The molecule has 3 rings (SSSR count). The molecule has 2 aromatic rings. The van der Waals surface area contributed by atoms with Crippen LogP contribution in [0.5, 0.6) is 0 Å². The molecule has 3 amide bonds. The van der Waals surface area contributed by atoms with Crippen molar-refractivity contribution in [2.24, 2.45) is 5.92 Å². The molecule has 11 heteroatoms. The van der Waals surface area contributed by atoms with E-state index in [4.69, 9.17) is 19.3 Å². The third-order valence-corrected chi connectivity index (χ3v) is 7.52. The molecule has 0 aromatic heterocycles. The summed E-state index contributed by atoms with van der Waals surface area (Å²) >= 11 is 0. The Labute approximate surface area is 270 Å². The smallest absolute Gasteiger partial charge is 0.407 e. The van der Waals surface area contributed by atoms with Gasteiger partial charge in [0.1, 0.15) is 18.8 Å². The summed E-state index contributed by atoms with van der Waals surface area (Å²) in [6.07, 6.45) is 2.68. The first-order valence-corrected chi connectivity index (χ1v) is 15.6. The lowest BCUT2D eigenvalue weighted by Gasteiger charge is -2.22. The largest absolute Gasteiger partial charge is 0.459 e. The summed E-state index contributed by atoms with van der Waals surface area (Å²) < 4.78 is 16.3. The fourth-order valence-corrected chi connectivity index (χ4v) is 5.24. The number of amides is 3. The summed E-state index contributed by atoms with van der Waals surface area (Å²) in [5, 5.41) is 16.8. The molecular formula is C35H45N3O8. The van der Waals surface area contributed by atoms with E-state index >= 15 is 0 Å². The van der Waals surface area contributed by atoms with Crippen LogP contribution in [0, 0.1) is 5.92 Å². The van der Waals surface area contributed by atoms with Crippen molar-refractivity contribution in [1.82, 2.24) is 16.0 Å². The molecule has 0 aliphatic heterocycles. The Bertz CT molecular complexity index is 1300. The first-order chi connectivity index (χ1) is 22.3. The molecule has 1 aliphatic carbocycles. The second kappa shape index (κ2) is 19.1. The van der Waals surface area contributed by atoms with E-state index in [2.05, 4.69) is 41.2 Å². The first kappa shape index (κ1) is 36.0. The molecule has 4 N–H and O–H groups in total. The van der Waals surface area contributed by atoms with Crippen LogP contribution in [0.15, 0.2) is 73.8 Å². The van der Waals surface area contributed by atoms with Crippen molar-refractivity contribution in [2.75, 3.05) is 39.5 Å². The Kier molecular flexibility index (Phi) is 15.0. The molecule has 2 aromatic carbocycles. The number of carbonyl (C=O) groups is 4. The zero-order valence-electron chi connectivity index (χ0n) is 26.4. The fourth-order valence-electron chi connectivity index (χ4n) is 5.24. The molecule has 0 heterocycles. The molecule has 3 atom stereocenters. The maximum absolute atomic E-state index is 13.0. The second-order valence-electron chi connectivity index (χ2n) is 11.0. The van der Waals surface area contributed by atoms with Crippen LogP contribution >= 0.6 is 0 Å². The van der Waals surface area contributed by atoms with Crippen LogP contribution in [0.1, 0.15) is 49.7 Å². The van der Waals surface area contributed by atoms with E-state index in [9.17, 15) is 19.2 Å². The standard InChI is InChI=1S/C35H45N3O8/c1-4-6-16-31(38-35(43)45-23-30-28-14-9-7-12-26(28)27-13-8-10-15-29(27)30)34(42)46-24(3)22-37-33(41)25(11-5-2)21-32(40)36-17-19-44-20-18-39/h4-5,7-10,12-15,24-25,30-31,39H,1-2,6,11,16-23H2,3H3,(H,36,40)(H,37,41)(H,38,43)/t24-,25+,31-/m0/s1. The average molecular weight is 636 g/mol. The van der Waals surface area contributed by atoms with Crippen molar-refractivity contribution in [3.8, 4) is 11.1 Å². The van der Waals surface area contributed by atoms with Crippen LogP contribution in [0.25, 0.3) is 11.1 Å². The maximum Gasteiger partial charge on any atom is 0.407 e. The number of fused-ring (bicyclic) bond motifs is 3. The number of nitrogens with one attached hydrogen (secondary N) is 3. The molecule has 248 valence electrons. The number of ether oxygens (including phenoxy) is 3. The number of rotatable bonds is 20. The highest BCUT2D eigenvalue weighted by Gasteiger charge is 2.30. The molecule has 0 spiro atoms. The number of hydrogen-bond acceptors (Lipinski definition) is 8. The molecule has 1 aliphatic rings. The quantitative estimate of drug-likeness (QED) is 0.0979. The fraction of sp³-hybridized carbons (Fsp3) is 0.429. The second-order valence-corrected chi connectivity index (χ2v) is 11.0. The summed E-state index contributed by atoms with van der Waals surface area (Å²) in [7, 11) is 0. The molecule has 0 radical (unpaired) electrons. The SMILES string of the molecule is C=CCC[C@H](NC(=O)OCC1c2ccccc2-c2ccccc21)C(=O)O[C@@H](C)CNC(=O)[C@H](CC=C)CC(=O)NCCOCCO. The lowest BCUT2D eigenvalue weighted by atomic mass is 9.98. The van der Waals surface area contributed by atoms with Gasteiger partial charge in [0.25, 0.3) is 0 Å². The van der Waals surface area contributed by atoms with E-state index in [0.29, 0.717) is 6.42 Å². The predicted molar refractivity (Wildman–Crippen MR) is 174 cm³/mol. The normalized spacial score (nSPS) is 13.7. The zero-order valence-corrected chi connectivity index (χ0v) is 26.4. The van der Waals surface area contributed by atoms with E-state index in [0.717, 1.165) is 22.3 Å². The van der Waals surface area contributed by atoms with Crippen molar-refractivity contribution in [3.05, 3.63) is 85.0 Å². The van der Waals surface area contributed by atoms with E-state index < -0.39 is 30.1 Å². The maximum atomic E-state index is 13.0. The van der Waals surface area contributed by atoms with E-state index in [1.807, 2.05) is 36.4 Å². The third kappa shape index (κ3) is 10.8. The summed E-state index contributed by atoms with van der Waals surface area (Å²) in [5.41, 5.74) is 4.38. The molecular weight excluding hydrogens is 590 g/mol. The Morgan fingerprint density at radius 1 is 0.957 bits per heavy atom. The van der Waals surface area contributed by atoms with Crippen molar-refractivity contribution in [3.63, 3.8) is 0 Å². The van der Waals surface area contributed by atoms with Gasteiger partial charge in [-0.05, 0) is 48.4 Å². The van der Waals surface area contributed by atoms with E-state index in [-0.39, 0.29) is 76.5 Å². The first-order valence-electron chi connectivity index (χ1n) is 15.6. The van der Waals surface area contributed by atoms with Gasteiger partial charge in [0.2, 0.25) is 11.8 Å². The number of aliphatic hydroxyl groups is 1. The Hall–Kier alpha value is -4.48. The molecule has 11 nitrogen and oxygen atoms in total. The van der Waals surface area contributed by atoms with Crippen molar-refractivity contribution in [2.45, 2.75) is 50.7 Å². The lowest BCUT2D eigenvalue weighted by Crippen LogP contribution is -2.45. The molecule has 0 unspecified atom stereocenters. The highest BCUT2D eigenvalue weighted by molar-refractivity contribution is 5.86. The monoisotopic (exact) mass is 635 g/mol. The summed E-state index contributed by atoms with van der Waals surface area (Å²) in [4.78, 5) is 51.0. The number of carbonyl (C=O) groups excluding carboxylic acids is 4. The topological polar surface area (TPSA) is 152 Å². The predicted octanol–water partition coefficient (Wildman–Crippen LogP) is 3.62. The molecule has 0 fully saturated rings. The molecule has 0 saturated carbocycles. The Morgan fingerprint density at radius 2 is 1.63 bits per heavy atom. The molecule has 0 bridgehead atoms. The Morgan fingerprint density at radius 3 is 2.26 bits per heavy atom. The molecule has 46 heavy (non-hydrogen) atoms. The van der Waals surface area contributed by atoms with Crippen LogP contribution < -0.4 is 16.0 Å². The van der Waals surface area contributed by atoms with Gasteiger partial charge in [-0.1, -0.05) is 60.7 Å². The van der Waals surface area contributed by atoms with Gasteiger partial charge in [-0.2, -0.15) is 0 Å². The number of allylic oxidation sites excluding steroid dienone is 2. The van der Waals surface area contributed by atoms with Crippen molar-refractivity contribution in [1.29, 1.82) is 0 Å². The highest BCUT2D eigenvalue weighted by Crippen LogP contribution is 2.44. The van der Waals surface area contributed by atoms with E-state index in [1.54, 1.807) is 19.1 Å². The minimum Gasteiger partial charge on any atom is -0.459 e. The summed E-state index contributed by atoms with van der Waals surface area (Å²) in [6.45, 7) is 9.68. The van der Waals surface area contributed by atoms with Gasteiger partial charge in [0.15, 0.2) is 0 Å². The Balaban J connectivity index is 1.49. The van der Waals surface area contributed by atoms with Gasteiger partial charge in [-0.25, -0.2) is 9.59 Å². The summed E-state index contributed by atoms with van der Waals surface area (Å²) in [5.74, 6) is -2.15. The van der Waals surface area contributed by atoms with Crippen LogP contribution in [0.4, 0.5) is 4.79 Å². The minimum absolute atomic E-state index is 0.00789. The van der Waals surface area contributed by atoms with Gasteiger partial charge < -0.3 is 35.3 Å². The van der Waals surface area contributed by atoms with Crippen LogP contribution in [-0.2, 0) is 28.6 Å². The van der Waals surface area contributed by atoms with Crippen LogP contribution in [-0.4, -0.2) is 80.6 Å². The number of hydrogen-bond donors (Lipinski definition) is 4. The molecule has 0 saturated heterocycles. The van der Waals surface area contributed by atoms with Gasteiger partial charge in [0.05, 0.1) is 32.3 Å². The van der Waals surface area contributed by atoms with Gasteiger partial charge in [-0.15, -0.1) is 13.2 Å². The zero-order chi connectivity index (χ0) is 33.3. The average Bonchev–Trinajstić information content (AvgIpc) is 3.37. The van der Waals surface area contributed by atoms with Crippen molar-refractivity contribution < 1.29 is 38.5 Å². The van der Waals surface area contributed by atoms with Gasteiger partial charge in [-0.3, -0.25) is 9.59 Å². The number of benzene rings is 2. The van der Waals surface area contributed by atoms with Gasteiger partial charge in [0, 0.05) is 18.9 Å².